The number of amides is 2. The van der Waals surface area contributed by atoms with Gasteiger partial charge in [0.25, 0.3) is 0 Å². The Morgan fingerprint density at radius 1 is 0.911 bits per heavy atom. The maximum absolute atomic E-state index is 15.2. The summed E-state index contributed by atoms with van der Waals surface area (Å²) in [6, 6.07) is 15.0. The summed E-state index contributed by atoms with van der Waals surface area (Å²) in [6.45, 7) is 4.10. The highest BCUT2D eigenvalue weighted by atomic mass is 19.1. The lowest BCUT2D eigenvalue weighted by Crippen LogP contribution is -2.33. The third-order valence-corrected chi connectivity index (χ3v) is 7.87. The first kappa shape index (κ1) is 30.1. The van der Waals surface area contributed by atoms with E-state index in [1.54, 1.807) is 67.0 Å². The van der Waals surface area contributed by atoms with Gasteiger partial charge in [-0.05, 0) is 80.9 Å². The molecule has 0 bridgehead atoms. The summed E-state index contributed by atoms with van der Waals surface area (Å²) in [6.07, 6.45) is 9.65. The largest absolute Gasteiger partial charge is 0.493 e. The number of carbonyl (C=O) groups is 1. The van der Waals surface area contributed by atoms with Crippen molar-refractivity contribution < 1.29 is 27.8 Å². The number of nitrogens with one attached hydrogen (secondary N) is 1. The summed E-state index contributed by atoms with van der Waals surface area (Å²) in [5.74, 6) is 0.521. The molecule has 4 aromatic rings. The highest BCUT2D eigenvalue weighted by Gasteiger charge is 2.21. The van der Waals surface area contributed by atoms with Gasteiger partial charge in [0.15, 0.2) is 23.1 Å². The summed E-state index contributed by atoms with van der Waals surface area (Å²) in [5.41, 5.74) is 1.63. The van der Waals surface area contributed by atoms with Crippen LogP contribution in [0, 0.1) is 11.6 Å². The number of ether oxygens (including phenoxy) is 3. The fourth-order valence-corrected chi connectivity index (χ4v) is 5.47. The Morgan fingerprint density at radius 3 is 2.51 bits per heavy atom. The number of hydrogen-bond acceptors (Lipinski definition) is 7. The molecule has 6 rings (SSSR count). The highest BCUT2D eigenvalue weighted by molar-refractivity contribution is 5.91. The first-order valence-corrected chi connectivity index (χ1v) is 15.0. The molecule has 1 aromatic heterocycles. The number of nitrogens with zero attached hydrogens (tertiary/aromatic N) is 4. The number of pyridine rings is 1. The molecule has 1 fully saturated rings. The van der Waals surface area contributed by atoms with Crippen LogP contribution in [0.1, 0.15) is 25.7 Å². The van der Waals surface area contributed by atoms with Gasteiger partial charge in [0.1, 0.15) is 18.2 Å². The lowest BCUT2D eigenvalue weighted by atomic mass is 10.1. The lowest BCUT2D eigenvalue weighted by molar-refractivity contribution is 0.203. The molecule has 0 saturated carbocycles. The van der Waals surface area contributed by atoms with E-state index < -0.39 is 11.8 Å². The quantitative estimate of drug-likeness (QED) is 0.187. The minimum absolute atomic E-state index is 0.0129. The van der Waals surface area contributed by atoms with Crippen molar-refractivity contribution in [2.75, 3.05) is 50.2 Å². The smallest absolute Gasteiger partial charge is 0.327 e. The number of rotatable bonds is 10. The number of methoxy groups -OCH3 is 1. The number of anilines is 2. The maximum Gasteiger partial charge on any atom is 0.327 e. The molecule has 0 aliphatic carbocycles. The van der Waals surface area contributed by atoms with Gasteiger partial charge in [0.05, 0.1) is 19.2 Å². The number of fused-ring (bicyclic) bond motifs is 1. The van der Waals surface area contributed by atoms with Gasteiger partial charge in [-0.3, -0.25) is 9.88 Å². The molecular weight excluding hydrogens is 580 g/mol. The zero-order chi connectivity index (χ0) is 31.2. The Hall–Kier alpha value is -4.90. The van der Waals surface area contributed by atoms with Crippen molar-refractivity contribution in [1.82, 2.24) is 14.8 Å². The van der Waals surface area contributed by atoms with E-state index in [0.717, 1.165) is 31.7 Å². The number of likely N-dealkylation sites (tertiary alicyclic amines) is 1. The van der Waals surface area contributed by atoms with Gasteiger partial charge in [-0.25, -0.2) is 13.6 Å². The molecule has 1 N–H and O–H groups in total. The standard InChI is InChI=1S/C34H35F2N5O4/c1-43-32-21-27-29(22-33(32)44-19-5-16-39-14-3-2-4-15-39)37-13-12-30(27)45-31-11-8-25(20-28(31)36)38-34(42)41-18-17-40(23-41)26-9-6-24(35)7-10-26/h6-13,17-18,20-22H,2-5,14-16,19,23H2,1H3,(H,38,42). The fraction of sp³-hybridized carbons (Fsp3) is 0.294. The second kappa shape index (κ2) is 13.8. The number of hydrogen-bond donors (Lipinski definition) is 1. The highest BCUT2D eigenvalue weighted by Crippen LogP contribution is 2.38. The third-order valence-electron chi connectivity index (χ3n) is 7.87. The Bertz CT molecular complexity index is 1680. The Kier molecular flexibility index (Phi) is 9.25. The predicted molar refractivity (Wildman–Crippen MR) is 169 cm³/mol. The topological polar surface area (TPSA) is 79.4 Å². The van der Waals surface area contributed by atoms with Gasteiger partial charge in [0, 0.05) is 54.0 Å². The van der Waals surface area contributed by atoms with Crippen molar-refractivity contribution in [1.29, 1.82) is 0 Å². The van der Waals surface area contributed by atoms with Crippen molar-refractivity contribution in [3.63, 3.8) is 0 Å². The molecular formula is C34H35F2N5O4. The molecule has 0 unspecified atom stereocenters. The number of halogens is 2. The fourth-order valence-electron chi connectivity index (χ4n) is 5.47. The molecule has 45 heavy (non-hydrogen) atoms. The normalized spacial score (nSPS) is 15.0. The summed E-state index contributed by atoms with van der Waals surface area (Å²) in [5, 5.41) is 3.34. The zero-order valence-corrected chi connectivity index (χ0v) is 25.0. The Morgan fingerprint density at radius 2 is 1.73 bits per heavy atom. The minimum atomic E-state index is -0.650. The van der Waals surface area contributed by atoms with E-state index in [9.17, 15) is 9.18 Å². The van der Waals surface area contributed by atoms with Crippen LogP contribution < -0.4 is 24.4 Å². The van der Waals surface area contributed by atoms with Gasteiger partial charge < -0.3 is 29.3 Å². The average molecular weight is 616 g/mol. The molecule has 2 aliphatic rings. The molecule has 2 amide bonds. The molecule has 3 aromatic carbocycles. The van der Waals surface area contributed by atoms with Crippen LogP contribution in [0.25, 0.3) is 10.9 Å². The number of aromatic nitrogens is 1. The molecule has 9 nitrogen and oxygen atoms in total. The summed E-state index contributed by atoms with van der Waals surface area (Å²) < 4.78 is 46.1. The molecule has 2 aliphatic heterocycles. The van der Waals surface area contributed by atoms with Crippen LogP contribution in [0.15, 0.2) is 79.3 Å². The summed E-state index contributed by atoms with van der Waals surface area (Å²) in [7, 11) is 1.57. The van der Waals surface area contributed by atoms with E-state index in [1.807, 2.05) is 0 Å². The monoisotopic (exact) mass is 615 g/mol. The number of piperidine rings is 1. The van der Waals surface area contributed by atoms with Crippen LogP contribution in [0.4, 0.5) is 25.0 Å². The Balaban J connectivity index is 1.08. The van der Waals surface area contributed by atoms with E-state index in [2.05, 4.69) is 15.2 Å². The molecule has 234 valence electrons. The van der Waals surface area contributed by atoms with Gasteiger partial charge in [0.2, 0.25) is 0 Å². The van der Waals surface area contributed by atoms with Crippen molar-refractivity contribution in [2.24, 2.45) is 0 Å². The first-order valence-electron chi connectivity index (χ1n) is 15.0. The van der Waals surface area contributed by atoms with Crippen LogP contribution in [0.2, 0.25) is 0 Å². The lowest BCUT2D eigenvalue weighted by Gasteiger charge is -2.26. The number of urea groups is 1. The maximum atomic E-state index is 15.2. The summed E-state index contributed by atoms with van der Waals surface area (Å²) >= 11 is 0. The molecule has 11 heteroatoms. The number of carbonyl (C=O) groups excluding carboxylic acids is 1. The van der Waals surface area contributed by atoms with Gasteiger partial charge in [-0.2, -0.15) is 0 Å². The molecule has 0 spiro atoms. The van der Waals surface area contributed by atoms with Gasteiger partial charge in [-0.15, -0.1) is 0 Å². The van der Waals surface area contributed by atoms with Crippen LogP contribution in [0.5, 0.6) is 23.0 Å². The summed E-state index contributed by atoms with van der Waals surface area (Å²) in [4.78, 5) is 23.0. The van der Waals surface area contributed by atoms with Crippen molar-refractivity contribution in [2.45, 2.75) is 25.7 Å². The van der Waals surface area contributed by atoms with Crippen molar-refractivity contribution in [3.05, 3.63) is 90.9 Å². The van der Waals surface area contributed by atoms with Crippen LogP contribution >= 0.6 is 0 Å². The van der Waals surface area contributed by atoms with E-state index in [0.29, 0.717) is 34.8 Å². The van der Waals surface area contributed by atoms with Crippen molar-refractivity contribution >= 4 is 28.3 Å². The van der Waals surface area contributed by atoms with Gasteiger partial charge in [-0.1, -0.05) is 6.42 Å². The first-order chi connectivity index (χ1) is 22.0. The van der Waals surface area contributed by atoms with Gasteiger partial charge >= 0.3 is 6.03 Å². The van der Waals surface area contributed by atoms with Crippen LogP contribution in [-0.4, -0.2) is 60.8 Å². The third kappa shape index (κ3) is 7.26. The molecule has 3 heterocycles. The average Bonchev–Trinajstić information content (AvgIpc) is 3.56. The Labute approximate surface area is 260 Å². The van der Waals surface area contributed by atoms with E-state index in [-0.39, 0.29) is 23.9 Å². The second-order valence-corrected chi connectivity index (χ2v) is 11.0. The zero-order valence-electron chi connectivity index (χ0n) is 25.0. The van der Waals surface area contributed by atoms with E-state index >= 15 is 4.39 Å². The molecule has 0 radical (unpaired) electrons. The number of benzene rings is 3. The van der Waals surface area contributed by atoms with E-state index in [1.165, 1.54) is 48.4 Å². The SMILES string of the molecule is COc1cc2c(Oc3ccc(NC(=O)N4C=CN(c5ccc(F)cc5)C4)cc3F)ccnc2cc1OCCCN1CCCCC1. The minimum Gasteiger partial charge on any atom is -0.493 e. The van der Waals surface area contributed by atoms with E-state index in [4.69, 9.17) is 14.2 Å². The molecule has 0 atom stereocenters. The van der Waals surface area contributed by atoms with Crippen molar-refractivity contribution in [3.8, 4) is 23.0 Å². The van der Waals surface area contributed by atoms with Crippen LogP contribution in [-0.2, 0) is 0 Å². The second-order valence-electron chi connectivity index (χ2n) is 11.0. The molecule has 1 saturated heterocycles. The van der Waals surface area contributed by atoms with Crippen LogP contribution in [0.3, 0.4) is 0 Å². The predicted octanol–water partition coefficient (Wildman–Crippen LogP) is 7.35.